The van der Waals surface area contributed by atoms with Crippen molar-refractivity contribution >= 4 is 22.6 Å². The summed E-state index contributed by atoms with van der Waals surface area (Å²) in [4.78, 5) is 21.9. The Hall–Kier alpha value is -2.57. The van der Waals surface area contributed by atoms with Crippen molar-refractivity contribution in [3.8, 4) is 11.5 Å². The summed E-state index contributed by atoms with van der Waals surface area (Å²) in [5.74, 6) is 2.84. The highest BCUT2D eigenvalue weighted by atomic mass is 16.5. The molecular formula is C17H22N4O3. The molecule has 2 aromatic rings. The number of aromatic nitrogens is 2. The summed E-state index contributed by atoms with van der Waals surface area (Å²) in [6.45, 7) is 4.13. The number of benzene rings is 1. The number of fused-ring (bicyclic) bond motifs is 1. The highest BCUT2D eigenvalue weighted by molar-refractivity contribution is 5.92. The second-order valence-electron chi connectivity index (χ2n) is 5.96. The smallest absolute Gasteiger partial charge is 0.216 e. The lowest BCUT2D eigenvalue weighted by Gasteiger charge is -2.40. The third-order valence-electron chi connectivity index (χ3n) is 4.30. The molecule has 1 aromatic carbocycles. The fraction of sp³-hybridized carbons (Fsp3) is 0.471. The minimum Gasteiger partial charge on any atom is -0.493 e. The molecule has 1 aromatic heterocycles. The maximum absolute atomic E-state index is 10.9. The Morgan fingerprint density at radius 1 is 1.25 bits per heavy atom. The zero-order valence-corrected chi connectivity index (χ0v) is 14.2. The minimum atomic E-state index is 0.0222. The van der Waals surface area contributed by atoms with Crippen molar-refractivity contribution in [1.82, 2.24) is 15.3 Å². The van der Waals surface area contributed by atoms with Crippen molar-refractivity contribution in [3.63, 3.8) is 0 Å². The predicted molar refractivity (Wildman–Crippen MR) is 91.6 cm³/mol. The number of methoxy groups -OCH3 is 2. The number of hydrogen-bond acceptors (Lipinski definition) is 6. The van der Waals surface area contributed by atoms with Gasteiger partial charge in [0.25, 0.3) is 0 Å². The lowest BCUT2D eigenvalue weighted by atomic mass is 9.96. The van der Waals surface area contributed by atoms with Gasteiger partial charge in [-0.2, -0.15) is 0 Å². The molecule has 1 amide bonds. The third-order valence-corrected chi connectivity index (χ3v) is 4.30. The normalized spacial score (nSPS) is 14.4. The van der Waals surface area contributed by atoms with Gasteiger partial charge >= 0.3 is 0 Å². The summed E-state index contributed by atoms with van der Waals surface area (Å²) in [7, 11) is 3.23. The molecule has 128 valence electrons. The molecule has 0 saturated carbocycles. The number of ether oxygens (including phenoxy) is 2. The van der Waals surface area contributed by atoms with E-state index in [-0.39, 0.29) is 5.91 Å². The van der Waals surface area contributed by atoms with Gasteiger partial charge in [0.15, 0.2) is 11.5 Å². The average molecular weight is 330 g/mol. The van der Waals surface area contributed by atoms with E-state index >= 15 is 0 Å². The van der Waals surface area contributed by atoms with Crippen molar-refractivity contribution in [2.45, 2.75) is 13.3 Å². The first-order chi connectivity index (χ1) is 11.6. The molecule has 0 spiro atoms. The molecule has 0 radical (unpaired) electrons. The molecule has 1 saturated heterocycles. The van der Waals surface area contributed by atoms with E-state index in [0.717, 1.165) is 42.8 Å². The fourth-order valence-electron chi connectivity index (χ4n) is 3.00. The van der Waals surface area contributed by atoms with Crippen LogP contribution < -0.4 is 19.7 Å². The van der Waals surface area contributed by atoms with Crippen LogP contribution in [0.1, 0.15) is 13.3 Å². The molecule has 2 heterocycles. The number of anilines is 1. The van der Waals surface area contributed by atoms with Crippen molar-refractivity contribution in [2.24, 2.45) is 5.92 Å². The molecule has 1 N–H and O–H groups in total. The van der Waals surface area contributed by atoms with Crippen LogP contribution in [0, 0.1) is 5.92 Å². The van der Waals surface area contributed by atoms with Crippen LogP contribution >= 0.6 is 0 Å². The summed E-state index contributed by atoms with van der Waals surface area (Å²) in [5.41, 5.74) is 0.833. The van der Waals surface area contributed by atoms with Crippen LogP contribution in [0.15, 0.2) is 18.5 Å². The molecule has 0 bridgehead atoms. The minimum absolute atomic E-state index is 0.0222. The van der Waals surface area contributed by atoms with Gasteiger partial charge in [-0.05, 0) is 18.4 Å². The summed E-state index contributed by atoms with van der Waals surface area (Å²) < 4.78 is 10.7. The van der Waals surface area contributed by atoms with Gasteiger partial charge in [-0.25, -0.2) is 9.97 Å². The quantitative estimate of drug-likeness (QED) is 0.867. The topological polar surface area (TPSA) is 76.6 Å². The van der Waals surface area contributed by atoms with Crippen LogP contribution in [-0.4, -0.2) is 49.7 Å². The first kappa shape index (κ1) is 16.3. The summed E-state index contributed by atoms with van der Waals surface area (Å²) in [6.07, 6.45) is 2.56. The highest BCUT2D eigenvalue weighted by Crippen LogP contribution is 2.36. The molecule has 7 heteroatoms. The van der Waals surface area contributed by atoms with Gasteiger partial charge in [-0.1, -0.05) is 0 Å². The van der Waals surface area contributed by atoms with Crippen molar-refractivity contribution in [1.29, 1.82) is 0 Å². The molecule has 1 aliphatic heterocycles. The first-order valence-corrected chi connectivity index (χ1v) is 7.98. The lowest BCUT2D eigenvalue weighted by Crippen LogP contribution is -2.48. The Bertz CT molecular complexity index is 744. The first-order valence-electron chi connectivity index (χ1n) is 7.98. The van der Waals surface area contributed by atoms with Crippen molar-refractivity contribution in [2.75, 3.05) is 38.8 Å². The van der Waals surface area contributed by atoms with Crippen LogP contribution in [0.2, 0.25) is 0 Å². The van der Waals surface area contributed by atoms with Crippen LogP contribution in [0.4, 0.5) is 5.82 Å². The van der Waals surface area contributed by atoms with Gasteiger partial charge in [0.05, 0.1) is 19.7 Å². The van der Waals surface area contributed by atoms with Gasteiger partial charge in [-0.3, -0.25) is 4.79 Å². The van der Waals surface area contributed by atoms with Crippen molar-refractivity contribution in [3.05, 3.63) is 18.5 Å². The number of nitrogens with zero attached hydrogens (tertiary/aromatic N) is 3. The van der Waals surface area contributed by atoms with E-state index in [2.05, 4.69) is 20.2 Å². The molecule has 0 unspecified atom stereocenters. The van der Waals surface area contributed by atoms with Gasteiger partial charge in [0.1, 0.15) is 12.1 Å². The zero-order chi connectivity index (χ0) is 17.1. The molecule has 7 nitrogen and oxygen atoms in total. The van der Waals surface area contributed by atoms with E-state index in [1.54, 1.807) is 27.5 Å². The largest absolute Gasteiger partial charge is 0.493 e. The third kappa shape index (κ3) is 3.20. The number of amides is 1. The van der Waals surface area contributed by atoms with Gasteiger partial charge in [-0.15, -0.1) is 0 Å². The zero-order valence-electron chi connectivity index (χ0n) is 14.2. The number of rotatable bonds is 6. The Kier molecular flexibility index (Phi) is 4.69. The summed E-state index contributed by atoms with van der Waals surface area (Å²) in [5, 5.41) is 3.80. The van der Waals surface area contributed by atoms with E-state index in [4.69, 9.17) is 9.47 Å². The summed E-state index contributed by atoms with van der Waals surface area (Å²) >= 11 is 0. The van der Waals surface area contributed by atoms with Gasteiger partial charge < -0.3 is 19.7 Å². The van der Waals surface area contributed by atoms with Crippen LogP contribution in [0.3, 0.4) is 0 Å². The van der Waals surface area contributed by atoms with Gasteiger partial charge in [0, 0.05) is 38.0 Å². The fourth-order valence-corrected chi connectivity index (χ4v) is 3.00. The number of hydrogen-bond donors (Lipinski definition) is 1. The molecule has 0 aliphatic carbocycles. The van der Waals surface area contributed by atoms with Crippen molar-refractivity contribution < 1.29 is 14.3 Å². The maximum atomic E-state index is 10.9. The van der Waals surface area contributed by atoms with Crippen LogP contribution in [0.25, 0.3) is 10.9 Å². The van der Waals surface area contributed by atoms with E-state index in [9.17, 15) is 4.79 Å². The Balaban J connectivity index is 1.75. The molecule has 1 fully saturated rings. The Morgan fingerprint density at radius 3 is 2.62 bits per heavy atom. The molecule has 24 heavy (non-hydrogen) atoms. The number of carbonyl (C=O) groups is 1. The van der Waals surface area contributed by atoms with E-state index in [1.165, 1.54) is 0 Å². The number of nitrogens with one attached hydrogen (secondary N) is 1. The highest BCUT2D eigenvalue weighted by Gasteiger charge is 2.29. The van der Waals surface area contributed by atoms with E-state index in [0.29, 0.717) is 17.4 Å². The van der Waals surface area contributed by atoms with Crippen LogP contribution in [-0.2, 0) is 4.79 Å². The SMILES string of the molecule is COc1cc2ncnc(N3CC(CCNC(C)=O)C3)c2cc1OC. The predicted octanol–water partition coefficient (Wildman–Crippen LogP) is 1.61. The maximum Gasteiger partial charge on any atom is 0.216 e. The molecule has 1 aliphatic rings. The van der Waals surface area contributed by atoms with E-state index in [1.807, 2.05) is 12.1 Å². The molecule has 3 rings (SSSR count). The lowest BCUT2D eigenvalue weighted by molar-refractivity contribution is -0.119. The molecule has 0 atom stereocenters. The Labute approximate surface area is 141 Å². The molecular weight excluding hydrogens is 308 g/mol. The monoisotopic (exact) mass is 330 g/mol. The number of carbonyl (C=O) groups excluding carboxylic acids is 1. The Morgan fingerprint density at radius 2 is 1.96 bits per heavy atom. The van der Waals surface area contributed by atoms with Gasteiger partial charge in [0.2, 0.25) is 5.91 Å². The second kappa shape index (κ2) is 6.90. The van der Waals surface area contributed by atoms with Crippen LogP contribution in [0.5, 0.6) is 11.5 Å². The standard InChI is InChI=1S/C17H22N4O3/c1-11(22)18-5-4-12-8-21(9-12)17-13-6-15(23-2)16(24-3)7-14(13)19-10-20-17/h6-7,10,12H,4-5,8-9H2,1-3H3,(H,18,22). The second-order valence-corrected chi connectivity index (χ2v) is 5.96. The average Bonchev–Trinajstić information content (AvgIpc) is 2.55. The van der Waals surface area contributed by atoms with E-state index < -0.39 is 0 Å². The summed E-state index contributed by atoms with van der Waals surface area (Å²) in [6, 6.07) is 3.79.